The highest BCUT2D eigenvalue weighted by molar-refractivity contribution is 5.89. The molecule has 1 aliphatic carbocycles. The van der Waals surface area contributed by atoms with Gasteiger partial charge in [0.25, 0.3) is 0 Å². The number of para-hydroxylation sites is 1. The minimum Gasteiger partial charge on any atom is -0.322 e. The number of aromatic nitrogens is 2. The maximum absolute atomic E-state index is 12.6. The Balaban J connectivity index is 1.61. The van der Waals surface area contributed by atoms with Crippen molar-refractivity contribution in [1.82, 2.24) is 19.8 Å². The lowest BCUT2D eigenvalue weighted by Crippen LogP contribution is -2.34. The van der Waals surface area contributed by atoms with Crippen molar-refractivity contribution in [1.29, 1.82) is 0 Å². The SMILES string of the molecule is CN(Cc1cnccn1)C(=O)Nc1ccccc1CN(C)C1CCCCC1. The zero-order valence-electron chi connectivity index (χ0n) is 16.3. The van der Waals surface area contributed by atoms with Crippen molar-refractivity contribution in [2.75, 3.05) is 19.4 Å². The quantitative estimate of drug-likeness (QED) is 0.841. The van der Waals surface area contributed by atoms with Crippen molar-refractivity contribution < 1.29 is 4.79 Å². The van der Waals surface area contributed by atoms with Gasteiger partial charge in [0.15, 0.2) is 0 Å². The molecule has 0 spiro atoms. The largest absolute Gasteiger partial charge is 0.322 e. The summed E-state index contributed by atoms with van der Waals surface area (Å²) < 4.78 is 0. The summed E-state index contributed by atoms with van der Waals surface area (Å²) in [7, 11) is 3.95. The molecule has 2 aromatic rings. The van der Waals surface area contributed by atoms with E-state index in [1.165, 1.54) is 32.1 Å². The Labute approximate surface area is 161 Å². The molecular formula is C21H29N5O. The molecule has 1 N–H and O–H groups in total. The fourth-order valence-electron chi connectivity index (χ4n) is 3.64. The van der Waals surface area contributed by atoms with E-state index in [0.717, 1.165) is 23.5 Å². The average Bonchev–Trinajstić information content (AvgIpc) is 2.70. The van der Waals surface area contributed by atoms with Gasteiger partial charge in [-0.3, -0.25) is 14.9 Å². The molecule has 1 aliphatic rings. The van der Waals surface area contributed by atoms with Crippen LogP contribution in [0.15, 0.2) is 42.9 Å². The third-order valence-corrected chi connectivity index (χ3v) is 5.24. The third-order valence-electron chi connectivity index (χ3n) is 5.24. The summed E-state index contributed by atoms with van der Waals surface area (Å²) in [6.07, 6.45) is 11.5. The number of hydrogen-bond donors (Lipinski definition) is 1. The fourth-order valence-corrected chi connectivity index (χ4v) is 3.64. The topological polar surface area (TPSA) is 61.4 Å². The molecule has 1 aromatic heterocycles. The van der Waals surface area contributed by atoms with E-state index >= 15 is 0 Å². The molecule has 1 saturated carbocycles. The molecule has 0 radical (unpaired) electrons. The van der Waals surface area contributed by atoms with E-state index < -0.39 is 0 Å². The Bertz CT molecular complexity index is 730. The number of carbonyl (C=O) groups is 1. The van der Waals surface area contributed by atoms with Crippen molar-refractivity contribution in [3.05, 3.63) is 54.1 Å². The van der Waals surface area contributed by atoms with E-state index in [-0.39, 0.29) is 6.03 Å². The number of hydrogen-bond acceptors (Lipinski definition) is 4. The predicted molar refractivity (Wildman–Crippen MR) is 107 cm³/mol. The monoisotopic (exact) mass is 367 g/mol. The Hall–Kier alpha value is -2.47. The normalized spacial score (nSPS) is 14.9. The van der Waals surface area contributed by atoms with Gasteiger partial charge in [0.1, 0.15) is 0 Å². The van der Waals surface area contributed by atoms with Gasteiger partial charge in [-0.05, 0) is 31.5 Å². The maximum Gasteiger partial charge on any atom is 0.321 e. The number of urea groups is 1. The van der Waals surface area contributed by atoms with Crippen LogP contribution < -0.4 is 5.32 Å². The first-order chi connectivity index (χ1) is 13.1. The van der Waals surface area contributed by atoms with E-state index in [0.29, 0.717) is 12.6 Å². The zero-order chi connectivity index (χ0) is 19.1. The van der Waals surface area contributed by atoms with Crippen LogP contribution in [0, 0.1) is 0 Å². The number of carbonyl (C=O) groups excluding carboxylic acids is 1. The summed E-state index contributed by atoms with van der Waals surface area (Å²) in [4.78, 5) is 24.9. The fraction of sp³-hybridized carbons (Fsp3) is 0.476. The molecule has 1 heterocycles. The average molecular weight is 367 g/mol. The van der Waals surface area contributed by atoms with Gasteiger partial charge in [0.05, 0.1) is 18.4 Å². The third kappa shape index (κ3) is 5.50. The molecule has 0 bridgehead atoms. The van der Waals surface area contributed by atoms with Gasteiger partial charge in [-0.2, -0.15) is 0 Å². The van der Waals surface area contributed by atoms with Crippen LogP contribution in [-0.2, 0) is 13.1 Å². The highest BCUT2D eigenvalue weighted by Gasteiger charge is 2.19. The predicted octanol–water partition coefficient (Wildman–Crippen LogP) is 3.91. The Morgan fingerprint density at radius 2 is 1.89 bits per heavy atom. The first-order valence-corrected chi connectivity index (χ1v) is 9.68. The van der Waals surface area contributed by atoms with Gasteiger partial charge in [-0.25, -0.2) is 4.79 Å². The molecule has 0 atom stereocenters. The Morgan fingerprint density at radius 1 is 1.11 bits per heavy atom. The molecule has 1 aromatic carbocycles. The van der Waals surface area contributed by atoms with E-state index in [9.17, 15) is 4.79 Å². The number of amides is 2. The lowest BCUT2D eigenvalue weighted by molar-refractivity contribution is 0.185. The van der Waals surface area contributed by atoms with Crippen LogP contribution in [0.4, 0.5) is 10.5 Å². The second kappa shape index (κ2) is 9.46. The molecular weight excluding hydrogens is 338 g/mol. The summed E-state index contributed by atoms with van der Waals surface area (Å²) in [6, 6.07) is 8.55. The molecule has 6 nitrogen and oxygen atoms in total. The summed E-state index contributed by atoms with van der Waals surface area (Å²) in [5, 5.41) is 3.05. The van der Waals surface area contributed by atoms with Crippen LogP contribution in [0.1, 0.15) is 43.4 Å². The van der Waals surface area contributed by atoms with Crippen LogP contribution in [0.25, 0.3) is 0 Å². The number of rotatable bonds is 6. The molecule has 27 heavy (non-hydrogen) atoms. The first kappa shape index (κ1) is 19.3. The van der Waals surface area contributed by atoms with Crippen LogP contribution in [0.5, 0.6) is 0 Å². The minimum absolute atomic E-state index is 0.145. The molecule has 0 aliphatic heterocycles. The number of nitrogens with zero attached hydrogens (tertiary/aromatic N) is 4. The van der Waals surface area contributed by atoms with Gasteiger partial charge >= 0.3 is 6.03 Å². The Morgan fingerprint density at radius 3 is 2.63 bits per heavy atom. The summed E-state index contributed by atoms with van der Waals surface area (Å²) in [5.41, 5.74) is 2.78. The lowest BCUT2D eigenvalue weighted by Gasteiger charge is -2.31. The molecule has 144 valence electrons. The standard InChI is InChI=1S/C21H29N5O/c1-25(19-9-4-3-5-10-19)15-17-8-6-7-11-20(17)24-21(27)26(2)16-18-14-22-12-13-23-18/h6-8,11-14,19H,3-5,9-10,15-16H2,1-2H3,(H,24,27). The number of benzene rings is 1. The van der Waals surface area contributed by atoms with Crippen molar-refractivity contribution in [2.24, 2.45) is 0 Å². The smallest absolute Gasteiger partial charge is 0.321 e. The van der Waals surface area contributed by atoms with Crippen LogP contribution in [-0.4, -0.2) is 45.9 Å². The minimum atomic E-state index is -0.145. The van der Waals surface area contributed by atoms with E-state index in [2.05, 4.69) is 33.3 Å². The van der Waals surface area contributed by atoms with Crippen LogP contribution in [0.2, 0.25) is 0 Å². The second-order valence-electron chi connectivity index (χ2n) is 7.35. The van der Waals surface area contributed by atoms with Crippen LogP contribution >= 0.6 is 0 Å². The molecule has 1 fully saturated rings. The van der Waals surface area contributed by atoms with Gasteiger partial charge in [0.2, 0.25) is 0 Å². The maximum atomic E-state index is 12.6. The van der Waals surface area contributed by atoms with E-state index in [1.807, 2.05) is 18.2 Å². The summed E-state index contributed by atoms with van der Waals surface area (Å²) in [6.45, 7) is 1.26. The van der Waals surface area contributed by atoms with Gasteiger partial charge < -0.3 is 10.2 Å². The van der Waals surface area contributed by atoms with E-state index in [1.54, 1.807) is 30.5 Å². The summed E-state index contributed by atoms with van der Waals surface area (Å²) >= 11 is 0. The van der Waals surface area contributed by atoms with Gasteiger partial charge in [0, 0.05) is 37.7 Å². The number of nitrogens with one attached hydrogen (secondary N) is 1. The van der Waals surface area contributed by atoms with Gasteiger partial charge in [-0.15, -0.1) is 0 Å². The van der Waals surface area contributed by atoms with Crippen molar-refractivity contribution in [2.45, 2.75) is 51.2 Å². The molecule has 3 rings (SSSR count). The summed E-state index contributed by atoms with van der Waals surface area (Å²) in [5.74, 6) is 0. The number of anilines is 1. The second-order valence-corrected chi connectivity index (χ2v) is 7.35. The molecule has 2 amide bonds. The lowest BCUT2D eigenvalue weighted by atomic mass is 9.94. The molecule has 6 heteroatoms. The first-order valence-electron chi connectivity index (χ1n) is 9.68. The molecule has 0 saturated heterocycles. The van der Waals surface area contributed by atoms with Crippen molar-refractivity contribution >= 4 is 11.7 Å². The Kier molecular flexibility index (Phi) is 6.76. The molecule has 0 unspecified atom stereocenters. The van der Waals surface area contributed by atoms with Gasteiger partial charge in [-0.1, -0.05) is 37.5 Å². The van der Waals surface area contributed by atoms with Crippen LogP contribution in [0.3, 0.4) is 0 Å². The van der Waals surface area contributed by atoms with E-state index in [4.69, 9.17) is 0 Å². The zero-order valence-corrected chi connectivity index (χ0v) is 16.3. The highest BCUT2D eigenvalue weighted by atomic mass is 16.2. The van der Waals surface area contributed by atoms with Crippen molar-refractivity contribution in [3.8, 4) is 0 Å². The highest BCUT2D eigenvalue weighted by Crippen LogP contribution is 2.25. The van der Waals surface area contributed by atoms with Crippen molar-refractivity contribution in [3.63, 3.8) is 0 Å².